The van der Waals surface area contributed by atoms with Crippen LogP contribution in [0, 0.1) is 0 Å². The molecule has 11 nitrogen and oxygen atoms in total. The molecule has 11 heteroatoms. The lowest BCUT2D eigenvalue weighted by molar-refractivity contribution is -0.121. The summed E-state index contributed by atoms with van der Waals surface area (Å²) in [6, 6.07) is 13.2. The largest absolute Gasteiger partial charge is 0.356 e. The summed E-state index contributed by atoms with van der Waals surface area (Å²) >= 11 is 0. The number of hydrogen-bond acceptors (Lipinski definition) is 8. The van der Waals surface area contributed by atoms with Crippen LogP contribution < -0.4 is 5.32 Å². The van der Waals surface area contributed by atoms with Gasteiger partial charge in [0.25, 0.3) is 5.89 Å². The van der Waals surface area contributed by atoms with Crippen LogP contribution in [-0.2, 0) is 17.8 Å². The standard InChI is InChI=1S/C21H19N9O2/c31-20(9-11-29-14-24-15-4-1-2-6-17(15)29)23-10-8-18-27-21(32-28-18)16-5-3-7-19(26-16)30-13-22-12-25-30/h1-7,12-14H,8-11H2,(H,23,31). The number of imidazole rings is 1. The molecular formula is C21H19N9O2. The van der Waals surface area contributed by atoms with Crippen molar-refractivity contribution in [2.75, 3.05) is 6.54 Å². The molecule has 0 fully saturated rings. The molecule has 0 spiro atoms. The molecule has 0 saturated heterocycles. The lowest BCUT2D eigenvalue weighted by Gasteiger charge is -2.05. The Morgan fingerprint density at radius 1 is 1.06 bits per heavy atom. The number of carbonyl (C=O) groups excluding carboxylic acids is 1. The molecule has 4 heterocycles. The number of benzene rings is 1. The van der Waals surface area contributed by atoms with Crippen molar-refractivity contribution in [3.8, 4) is 17.4 Å². The maximum atomic E-state index is 12.2. The van der Waals surface area contributed by atoms with E-state index < -0.39 is 0 Å². The van der Waals surface area contributed by atoms with E-state index in [0.717, 1.165) is 11.0 Å². The fourth-order valence-corrected chi connectivity index (χ4v) is 3.27. The van der Waals surface area contributed by atoms with E-state index in [4.69, 9.17) is 4.52 Å². The zero-order valence-corrected chi connectivity index (χ0v) is 17.0. The molecule has 0 aliphatic rings. The minimum Gasteiger partial charge on any atom is -0.356 e. The SMILES string of the molecule is O=C(CCn1cnc2ccccc21)NCCc1noc(-c2cccc(-n3cncn3)n2)n1. The Bertz CT molecular complexity index is 1340. The number of carbonyl (C=O) groups is 1. The van der Waals surface area contributed by atoms with Crippen molar-refractivity contribution in [3.05, 3.63) is 67.3 Å². The van der Waals surface area contributed by atoms with Gasteiger partial charge in [0.2, 0.25) is 5.91 Å². The molecule has 0 radical (unpaired) electrons. The molecule has 32 heavy (non-hydrogen) atoms. The zero-order valence-electron chi connectivity index (χ0n) is 17.0. The van der Waals surface area contributed by atoms with Crippen molar-refractivity contribution >= 4 is 16.9 Å². The third kappa shape index (κ3) is 4.21. The third-order valence-corrected chi connectivity index (χ3v) is 4.85. The van der Waals surface area contributed by atoms with E-state index in [1.54, 1.807) is 29.5 Å². The molecule has 5 aromatic rings. The van der Waals surface area contributed by atoms with E-state index >= 15 is 0 Å². The van der Waals surface area contributed by atoms with Crippen LogP contribution in [0.5, 0.6) is 0 Å². The minimum atomic E-state index is -0.0475. The summed E-state index contributed by atoms with van der Waals surface area (Å²) in [7, 11) is 0. The predicted molar refractivity (Wildman–Crippen MR) is 114 cm³/mol. The van der Waals surface area contributed by atoms with Gasteiger partial charge in [-0.3, -0.25) is 4.79 Å². The number of fused-ring (bicyclic) bond motifs is 1. The molecule has 160 valence electrons. The fourth-order valence-electron chi connectivity index (χ4n) is 3.27. The molecule has 1 amide bonds. The van der Waals surface area contributed by atoms with E-state index in [9.17, 15) is 4.79 Å². The van der Waals surface area contributed by atoms with Crippen LogP contribution in [-0.4, -0.2) is 51.9 Å². The second-order valence-corrected chi connectivity index (χ2v) is 7.01. The number of aromatic nitrogens is 8. The van der Waals surface area contributed by atoms with Gasteiger partial charge in [-0.1, -0.05) is 23.4 Å². The van der Waals surface area contributed by atoms with Crippen LogP contribution in [0.1, 0.15) is 12.2 Å². The third-order valence-electron chi connectivity index (χ3n) is 4.85. The molecule has 0 aliphatic heterocycles. The van der Waals surface area contributed by atoms with E-state index in [1.807, 2.05) is 34.9 Å². The Labute approximate surface area is 182 Å². The molecule has 4 aromatic heterocycles. The summed E-state index contributed by atoms with van der Waals surface area (Å²) in [5.41, 5.74) is 2.47. The number of rotatable bonds is 8. The van der Waals surface area contributed by atoms with Crippen molar-refractivity contribution in [2.24, 2.45) is 0 Å². The van der Waals surface area contributed by atoms with Gasteiger partial charge in [-0.15, -0.1) is 0 Å². The van der Waals surface area contributed by atoms with Gasteiger partial charge in [0.1, 0.15) is 18.3 Å². The minimum absolute atomic E-state index is 0.0475. The van der Waals surface area contributed by atoms with Crippen LogP contribution >= 0.6 is 0 Å². The Morgan fingerprint density at radius 3 is 2.91 bits per heavy atom. The zero-order chi connectivity index (χ0) is 21.8. The van der Waals surface area contributed by atoms with E-state index in [0.29, 0.717) is 49.2 Å². The van der Waals surface area contributed by atoms with Crippen LogP contribution in [0.2, 0.25) is 0 Å². The Morgan fingerprint density at radius 2 is 2.00 bits per heavy atom. The second kappa shape index (κ2) is 8.76. The van der Waals surface area contributed by atoms with Gasteiger partial charge in [-0.05, 0) is 24.3 Å². The van der Waals surface area contributed by atoms with Crippen LogP contribution in [0.15, 0.2) is 66.0 Å². The van der Waals surface area contributed by atoms with Crippen molar-refractivity contribution in [3.63, 3.8) is 0 Å². The lowest BCUT2D eigenvalue weighted by atomic mass is 10.3. The quantitative estimate of drug-likeness (QED) is 0.395. The number of para-hydroxylation sites is 2. The highest BCUT2D eigenvalue weighted by Crippen LogP contribution is 2.16. The van der Waals surface area contributed by atoms with Gasteiger partial charge >= 0.3 is 0 Å². The Hall–Kier alpha value is -4.41. The molecule has 0 unspecified atom stereocenters. The summed E-state index contributed by atoms with van der Waals surface area (Å²) in [6.07, 6.45) is 5.56. The molecule has 1 aromatic carbocycles. The van der Waals surface area contributed by atoms with Crippen LogP contribution in [0.4, 0.5) is 0 Å². The summed E-state index contributed by atoms with van der Waals surface area (Å²) in [4.78, 5) is 29.3. The first kappa shape index (κ1) is 19.5. The van der Waals surface area contributed by atoms with Crippen molar-refractivity contribution in [2.45, 2.75) is 19.4 Å². The first-order valence-electron chi connectivity index (χ1n) is 10.1. The first-order valence-corrected chi connectivity index (χ1v) is 10.1. The van der Waals surface area contributed by atoms with Crippen LogP contribution in [0.3, 0.4) is 0 Å². The summed E-state index contributed by atoms with van der Waals surface area (Å²) in [6.45, 7) is 0.974. The number of amides is 1. The maximum absolute atomic E-state index is 12.2. The lowest BCUT2D eigenvalue weighted by Crippen LogP contribution is -2.26. The average Bonchev–Trinajstić information content (AvgIpc) is 3.59. The van der Waals surface area contributed by atoms with Crippen LogP contribution in [0.25, 0.3) is 28.4 Å². The van der Waals surface area contributed by atoms with E-state index in [-0.39, 0.29) is 5.91 Å². The monoisotopic (exact) mass is 429 g/mol. The van der Waals surface area contributed by atoms with Crippen molar-refractivity contribution in [1.29, 1.82) is 0 Å². The normalized spacial score (nSPS) is 11.1. The highest BCUT2D eigenvalue weighted by molar-refractivity contribution is 5.77. The van der Waals surface area contributed by atoms with Gasteiger partial charge < -0.3 is 14.4 Å². The molecule has 0 atom stereocenters. The summed E-state index contributed by atoms with van der Waals surface area (Å²) in [5, 5.41) is 10.9. The summed E-state index contributed by atoms with van der Waals surface area (Å²) in [5.74, 6) is 1.35. The Kier molecular flexibility index (Phi) is 5.35. The maximum Gasteiger partial charge on any atom is 0.276 e. The predicted octanol–water partition coefficient (Wildman–Crippen LogP) is 1.81. The number of nitrogens with zero attached hydrogens (tertiary/aromatic N) is 8. The van der Waals surface area contributed by atoms with E-state index in [2.05, 4.69) is 35.5 Å². The Balaban J connectivity index is 1.13. The molecule has 1 N–H and O–H groups in total. The van der Waals surface area contributed by atoms with Gasteiger partial charge in [0.05, 0.1) is 17.4 Å². The van der Waals surface area contributed by atoms with Crippen molar-refractivity contribution < 1.29 is 9.32 Å². The molecule has 0 aliphatic carbocycles. The smallest absolute Gasteiger partial charge is 0.276 e. The van der Waals surface area contributed by atoms with Gasteiger partial charge in [0, 0.05) is 25.9 Å². The highest BCUT2D eigenvalue weighted by Gasteiger charge is 2.12. The summed E-state index contributed by atoms with van der Waals surface area (Å²) < 4.78 is 8.84. The molecule has 5 rings (SSSR count). The number of hydrogen-bond donors (Lipinski definition) is 1. The highest BCUT2D eigenvalue weighted by atomic mass is 16.5. The van der Waals surface area contributed by atoms with Gasteiger partial charge in [0.15, 0.2) is 11.6 Å². The van der Waals surface area contributed by atoms with Crippen molar-refractivity contribution in [1.82, 2.24) is 44.8 Å². The molecular weight excluding hydrogens is 410 g/mol. The number of aryl methyl sites for hydroxylation is 1. The second-order valence-electron chi connectivity index (χ2n) is 7.01. The number of pyridine rings is 1. The van der Waals surface area contributed by atoms with Gasteiger partial charge in [-0.25, -0.2) is 19.6 Å². The topological polar surface area (TPSA) is 129 Å². The van der Waals surface area contributed by atoms with Gasteiger partial charge in [-0.2, -0.15) is 10.1 Å². The number of nitrogens with one attached hydrogen (secondary N) is 1. The fraction of sp³-hybridized carbons (Fsp3) is 0.190. The molecule has 0 saturated carbocycles. The van der Waals surface area contributed by atoms with E-state index in [1.165, 1.54) is 6.33 Å². The average molecular weight is 429 g/mol. The first-order chi connectivity index (χ1) is 15.8. The molecule has 0 bridgehead atoms.